The maximum atomic E-state index is 13.4. The van der Waals surface area contributed by atoms with E-state index in [-0.39, 0.29) is 18.5 Å². The van der Waals surface area contributed by atoms with Crippen molar-refractivity contribution in [2.45, 2.75) is 19.1 Å². The molecule has 0 spiro atoms. The Balaban J connectivity index is 2.12. The van der Waals surface area contributed by atoms with Gasteiger partial charge in [-0.3, -0.25) is 0 Å². The van der Waals surface area contributed by atoms with Gasteiger partial charge < -0.3 is 15.4 Å². The van der Waals surface area contributed by atoms with Crippen LogP contribution in [0.2, 0.25) is 0 Å². The molecule has 1 fully saturated rings. The molecule has 16 heavy (non-hydrogen) atoms. The smallest absolute Gasteiger partial charge is 0.131 e. The van der Waals surface area contributed by atoms with E-state index in [2.05, 4.69) is 11.9 Å². The van der Waals surface area contributed by atoms with E-state index < -0.39 is 0 Å². The monoisotopic (exact) mass is 224 g/mol. The van der Waals surface area contributed by atoms with Crippen LogP contribution in [0.15, 0.2) is 18.2 Å². The van der Waals surface area contributed by atoms with Crippen molar-refractivity contribution in [3.05, 3.63) is 29.6 Å². The zero-order valence-corrected chi connectivity index (χ0v) is 9.45. The van der Waals surface area contributed by atoms with Gasteiger partial charge in [0.05, 0.1) is 0 Å². The Morgan fingerprint density at radius 1 is 1.56 bits per heavy atom. The van der Waals surface area contributed by atoms with Gasteiger partial charge in [-0.1, -0.05) is 6.07 Å². The molecule has 1 aliphatic heterocycles. The SMILES string of the molecule is CN1CCC(Oc2cccc(F)c2CN)C1. The van der Waals surface area contributed by atoms with Gasteiger partial charge in [-0.25, -0.2) is 4.39 Å². The first kappa shape index (κ1) is 11.4. The summed E-state index contributed by atoms with van der Waals surface area (Å²) in [5, 5.41) is 0. The minimum Gasteiger partial charge on any atom is -0.489 e. The first-order chi connectivity index (χ1) is 7.70. The molecule has 88 valence electrons. The van der Waals surface area contributed by atoms with Crippen LogP contribution in [0.4, 0.5) is 4.39 Å². The molecular weight excluding hydrogens is 207 g/mol. The van der Waals surface area contributed by atoms with Crippen molar-refractivity contribution < 1.29 is 9.13 Å². The number of nitrogens with zero attached hydrogens (tertiary/aromatic N) is 1. The third-order valence-corrected chi connectivity index (χ3v) is 2.92. The van der Waals surface area contributed by atoms with Crippen molar-refractivity contribution in [1.29, 1.82) is 0 Å². The number of likely N-dealkylation sites (N-methyl/N-ethyl adjacent to an activating group) is 1. The molecule has 2 rings (SSSR count). The molecule has 0 aromatic heterocycles. The highest BCUT2D eigenvalue weighted by Crippen LogP contribution is 2.24. The largest absolute Gasteiger partial charge is 0.489 e. The molecule has 0 saturated carbocycles. The van der Waals surface area contributed by atoms with E-state index in [1.807, 2.05) is 0 Å². The number of ether oxygens (including phenoxy) is 1. The molecule has 1 heterocycles. The van der Waals surface area contributed by atoms with Gasteiger partial charge in [0, 0.05) is 25.2 Å². The predicted octanol–water partition coefficient (Wildman–Crippen LogP) is 1.37. The van der Waals surface area contributed by atoms with Gasteiger partial charge in [-0.05, 0) is 25.6 Å². The first-order valence-corrected chi connectivity index (χ1v) is 5.53. The summed E-state index contributed by atoms with van der Waals surface area (Å²) in [5.41, 5.74) is 5.99. The summed E-state index contributed by atoms with van der Waals surface area (Å²) in [7, 11) is 2.05. The Bertz CT molecular complexity index is 370. The summed E-state index contributed by atoms with van der Waals surface area (Å²) in [6.07, 6.45) is 1.13. The summed E-state index contributed by atoms with van der Waals surface area (Å²) >= 11 is 0. The van der Waals surface area contributed by atoms with Crippen LogP contribution >= 0.6 is 0 Å². The average molecular weight is 224 g/mol. The Hall–Kier alpha value is -1.13. The van der Waals surface area contributed by atoms with Gasteiger partial charge in [0.15, 0.2) is 0 Å². The molecule has 1 aliphatic rings. The van der Waals surface area contributed by atoms with Crippen LogP contribution in [0.25, 0.3) is 0 Å². The lowest BCUT2D eigenvalue weighted by atomic mass is 10.2. The molecule has 1 saturated heterocycles. The second kappa shape index (κ2) is 4.80. The molecule has 1 aromatic carbocycles. The van der Waals surface area contributed by atoms with E-state index in [4.69, 9.17) is 10.5 Å². The van der Waals surface area contributed by atoms with Crippen LogP contribution in [-0.4, -0.2) is 31.1 Å². The van der Waals surface area contributed by atoms with Crippen molar-refractivity contribution in [1.82, 2.24) is 4.90 Å². The third-order valence-electron chi connectivity index (χ3n) is 2.92. The number of hydrogen-bond donors (Lipinski definition) is 1. The number of hydrogen-bond acceptors (Lipinski definition) is 3. The zero-order chi connectivity index (χ0) is 11.5. The fraction of sp³-hybridized carbons (Fsp3) is 0.500. The highest BCUT2D eigenvalue weighted by Gasteiger charge is 2.22. The molecule has 3 nitrogen and oxygen atoms in total. The van der Waals surface area contributed by atoms with Gasteiger partial charge in [0.1, 0.15) is 17.7 Å². The standard InChI is InChI=1S/C12H17FN2O/c1-15-6-5-9(8-15)16-12-4-2-3-11(13)10(12)7-14/h2-4,9H,5-8,14H2,1H3. The normalized spacial score (nSPS) is 21.3. The van der Waals surface area contributed by atoms with Crippen molar-refractivity contribution in [3.63, 3.8) is 0 Å². The molecule has 1 atom stereocenters. The highest BCUT2D eigenvalue weighted by atomic mass is 19.1. The van der Waals surface area contributed by atoms with Crippen LogP contribution < -0.4 is 10.5 Å². The molecule has 0 bridgehead atoms. The molecule has 0 amide bonds. The van der Waals surface area contributed by atoms with E-state index >= 15 is 0 Å². The van der Waals surface area contributed by atoms with Gasteiger partial charge in [-0.2, -0.15) is 0 Å². The van der Waals surface area contributed by atoms with Gasteiger partial charge in [0.2, 0.25) is 0 Å². The third kappa shape index (κ3) is 2.33. The molecular formula is C12H17FN2O. The topological polar surface area (TPSA) is 38.5 Å². The van der Waals surface area contributed by atoms with Crippen LogP contribution in [0.5, 0.6) is 5.75 Å². The summed E-state index contributed by atoms with van der Waals surface area (Å²) in [5.74, 6) is 0.300. The summed E-state index contributed by atoms with van der Waals surface area (Å²) in [4.78, 5) is 2.20. The van der Waals surface area contributed by atoms with Crippen molar-refractivity contribution in [2.75, 3.05) is 20.1 Å². The molecule has 1 unspecified atom stereocenters. The number of halogens is 1. The van der Waals surface area contributed by atoms with E-state index in [0.29, 0.717) is 11.3 Å². The quantitative estimate of drug-likeness (QED) is 0.842. The van der Waals surface area contributed by atoms with E-state index in [0.717, 1.165) is 19.5 Å². The van der Waals surface area contributed by atoms with Gasteiger partial charge >= 0.3 is 0 Å². The number of nitrogens with two attached hydrogens (primary N) is 1. The molecule has 1 aromatic rings. The fourth-order valence-electron chi connectivity index (χ4n) is 2.02. The first-order valence-electron chi connectivity index (χ1n) is 5.53. The molecule has 4 heteroatoms. The van der Waals surface area contributed by atoms with Crippen molar-refractivity contribution in [2.24, 2.45) is 5.73 Å². The maximum Gasteiger partial charge on any atom is 0.131 e. The van der Waals surface area contributed by atoms with Crippen LogP contribution in [-0.2, 0) is 6.54 Å². The second-order valence-electron chi connectivity index (χ2n) is 4.21. The second-order valence-corrected chi connectivity index (χ2v) is 4.21. The molecule has 0 radical (unpaired) electrons. The zero-order valence-electron chi connectivity index (χ0n) is 9.45. The number of rotatable bonds is 3. The van der Waals surface area contributed by atoms with Crippen molar-refractivity contribution >= 4 is 0 Å². The van der Waals surface area contributed by atoms with Crippen LogP contribution in [0.3, 0.4) is 0 Å². The Labute approximate surface area is 95.0 Å². The van der Waals surface area contributed by atoms with E-state index in [1.165, 1.54) is 6.07 Å². The van der Waals surface area contributed by atoms with Crippen LogP contribution in [0.1, 0.15) is 12.0 Å². The Morgan fingerprint density at radius 3 is 3.00 bits per heavy atom. The Morgan fingerprint density at radius 2 is 2.38 bits per heavy atom. The fourth-order valence-corrected chi connectivity index (χ4v) is 2.02. The minimum absolute atomic E-state index is 0.150. The van der Waals surface area contributed by atoms with Crippen molar-refractivity contribution in [3.8, 4) is 5.75 Å². The number of benzene rings is 1. The minimum atomic E-state index is -0.286. The Kier molecular flexibility index (Phi) is 3.41. The molecule has 0 aliphatic carbocycles. The van der Waals surface area contributed by atoms with E-state index in [1.54, 1.807) is 12.1 Å². The molecule has 2 N–H and O–H groups in total. The van der Waals surface area contributed by atoms with Gasteiger partial charge in [-0.15, -0.1) is 0 Å². The lowest BCUT2D eigenvalue weighted by Crippen LogP contribution is -2.22. The lowest BCUT2D eigenvalue weighted by molar-refractivity contribution is 0.205. The summed E-state index contributed by atoms with van der Waals surface area (Å²) in [6, 6.07) is 4.85. The predicted molar refractivity (Wildman–Crippen MR) is 60.8 cm³/mol. The highest BCUT2D eigenvalue weighted by molar-refractivity contribution is 5.34. The lowest BCUT2D eigenvalue weighted by Gasteiger charge is -2.16. The maximum absolute atomic E-state index is 13.4. The summed E-state index contributed by atoms with van der Waals surface area (Å²) in [6.45, 7) is 2.09. The summed E-state index contributed by atoms with van der Waals surface area (Å²) < 4.78 is 19.2. The van der Waals surface area contributed by atoms with Gasteiger partial charge in [0.25, 0.3) is 0 Å². The van der Waals surface area contributed by atoms with Crippen LogP contribution in [0, 0.1) is 5.82 Å². The number of likely N-dealkylation sites (tertiary alicyclic amines) is 1. The average Bonchev–Trinajstić information content (AvgIpc) is 2.64. The van der Waals surface area contributed by atoms with E-state index in [9.17, 15) is 4.39 Å².